The Morgan fingerprint density at radius 3 is 2.71 bits per heavy atom. The second-order valence-electron chi connectivity index (χ2n) is 3.29. The third-order valence-corrected chi connectivity index (χ3v) is 2.49. The van der Waals surface area contributed by atoms with Gasteiger partial charge >= 0.3 is 0 Å². The van der Waals surface area contributed by atoms with Crippen LogP contribution in [0.2, 0.25) is 0 Å². The van der Waals surface area contributed by atoms with E-state index >= 15 is 0 Å². The Morgan fingerprint density at radius 2 is 2.21 bits per heavy atom. The van der Waals surface area contributed by atoms with Crippen molar-refractivity contribution in [3.8, 4) is 0 Å². The molecule has 1 aromatic rings. The molecule has 0 aromatic heterocycles. The van der Waals surface area contributed by atoms with Crippen LogP contribution in [0.4, 0.5) is 0 Å². The van der Waals surface area contributed by atoms with Gasteiger partial charge in [-0.3, -0.25) is 0 Å². The summed E-state index contributed by atoms with van der Waals surface area (Å²) >= 11 is 3.43. The topological polar surface area (TPSA) is 35.2 Å². The summed E-state index contributed by atoms with van der Waals surface area (Å²) in [5.41, 5.74) is 6.99. The predicted octanol–water partition coefficient (Wildman–Crippen LogP) is 2.87. The summed E-state index contributed by atoms with van der Waals surface area (Å²) in [5, 5.41) is 0. The Balaban J connectivity index is 2.87. The first-order valence-electron chi connectivity index (χ1n) is 4.77. The molecule has 1 rings (SSSR count). The molecule has 0 saturated carbocycles. The summed E-state index contributed by atoms with van der Waals surface area (Å²) in [7, 11) is 0. The molecule has 0 fully saturated rings. The number of rotatable bonds is 4. The molecule has 0 spiro atoms. The fourth-order valence-corrected chi connectivity index (χ4v) is 1.83. The van der Waals surface area contributed by atoms with E-state index in [0.29, 0.717) is 6.61 Å². The van der Waals surface area contributed by atoms with Gasteiger partial charge in [0.1, 0.15) is 0 Å². The third-order valence-electron chi connectivity index (χ3n) is 2.00. The molecule has 0 bridgehead atoms. The summed E-state index contributed by atoms with van der Waals surface area (Å²) in [4.78, 5) is 0. The third kappa shape index (κ3) is 3.08. The molecule has 0 amide bonds. The molecule has 2 N–H and O–H groups in total. The van der Waals surface area contributed by atoms with Gasteiger partial charge in [-0.15, -0.1) is 0 Å². The highest BCUT2D eigenvalue weighted by molar-refractivity contribution is 9.10. The van der Waals surface area contributed by atoms with Gasteiger partial charge in [0.15, 0.2) is 0 Å². The van der Waals surface area contributed by atoms with Gasteiger partial charge in [0, 0.05) is 17.1 Å². The van der Waals surface area contributed by atoms with Crippen LogP contribution in [-0.2, 0) is 4.74 Å². The van der Waals surface area contributed by atoms with Gasteiger partial charge in [-0.2, -0.15) is 0 Å². The van der Waals surface area contributed by atoms with Crippen LogP contribution in [0, 0.1) is 0 Å². The second-order valence-corrected chi connectivity index (χ2v) is 4.21. The van der Waals surface area contributed by atoms with E-state index in [2.05, 4.69) is 15.9 Å². The Hall–Kier alpha value is -0.380. The monoisotopic (exact) mass is 257 g/mol. The van der Waals surface area contributed by atoms with Crippen LogP contribution in [0.5, 0.6) is 0 Å². The van der Waals surface area contributed by atoms with E-state index < -0.39 is 0 Å². The molecular weight excluding hydrogens is 242 g/mol. The van der Waals surface area contributed by atoms with E-state index in [9.17, 15) is 0 Å². The summed E-state index contributed by atoms with van der Waals surface area (Å²) in [5.74, 6) is 0. The standard InChI is InChI=1S/C11H16BrNO/c1-3-14-11(8(2)13)9-5-4-6-10(12)7-9/h4-8,11H,3,13H2,1-2H3. The fourth-order valence-electron chi connectivity index (χ4n) is 1.41. The van der Waals surface area contributed by atoms with Crippen molar-refractivity contribution in [1.82, 2.24) is 0 Å². The Labute approximate surface area is 93.6 Å². The van der Waals surface area contributed by atoms with Crippen LogP contribution in [-0.4, -0.2) is 12.6 Å². The van der Waals surface area contributed by atoms with Gasteiger partial charge in [0.2, 0.25) is 0 Å². The molecule has 0 aliphatic heterocycles. The van der Waals surface area contributed by atoms with Crippen molar-refractivity contribution in [2.75, 3.05) is 6.61 Å². The average molecular weight is 258 g/mol. The summed E-state index contributed by atoms with van der Waals surface area (Å²) < 4.78 is 6.65. The molecule has 0 aliphatic rings. The average Bonchev–Trinajstić information content (AvgIpc) is 2.13. The van der Waals surface area contributed by atoms with E-state index in [1.54, 1.807) is 0 Å². The van der Waals surface area contributed by atoms with Gasteiger partial charge in [-0.25, -0.2) is 0 Å². The Bertz CT molecular complexity index is 288. The largest absolute Gasteiger partial charge is 0.372 e. The molecular formula is C11H16BrNO. The summed E-state index contributed by atoms with van der Waals surface area (Å²) in [6.07, 6.45) is -0.0162. The van der Waals surface area contributed by atoms with E-state index in [0.717, 1.165) is 10.0 Å². The minimum atomic E-state index is -0.0162. The first-order valence-corrected chi connectivity index (χ1v) is 5.57. The number of nitrogens with two attached hydrogens (primary N) is 1. The molecule has 0 radical (unpaired) electrons. The maximum atomic E-state index is 5.86. The van der Waals surface area contributed by atoms with E-state index in [4.69, 9.17) is 10.5 Å². The minimum absolute atomic E-state index is 0.00394. The molecule has 0 heterocycles. The normalized spacial score (nSPS) is 15.1. The molecule has 3 heteroatoms. The molecule has 2 unspecified atom stereocenters. The Morgan fingerprint density at radius 1 is 1.50 bits per heavy atom. The molecule has 1 aromatic carbocycles. The Kier molecular flexibility index (Phi) is 4.58. The quantitative estimate of drug-likeness (QED) is 0.901. The second kappa shape index (κ2) is 5.49. The summed E-state index contributed by atoms with van der Waals surface area (Å²) in [6.45, 7) is 4.62. The zero-order valence-corrected chi connectivity index (χ0v) is 10.1. The van der Waals surface area contributed by atoms with Crippen LogP contribution in [0.3, 0.4) is 0 Å². The highest BCUT2D eigenvalue weighted by atomic mass is 79.9. The zero-order chi connectivity index (χ0) is 10.6. The van der Waals surface area contributed by atoms with Crippen LogP contribution in [0.1, 0.15) is 25.5 Å². The summed E-state index contributed by atoms with van der Waals surface area (Å²) in [6, 6.07) is 8.07. The van der Waals surface area contributed by atoms with E-state index in [1.807, 2.05) is 38.1 Å². The van der Waals surface area contributed by atoms with Gasteiger partial charge in [0.25, 0.3) is 0 Å². The lowest BCUT2D eigenvalue weighted by Crippen LogP contribution is -2.26. The van der Waals surface area contributed by atoms with Crippen molar-refractivity contribution in [2.45, 2.75) is 26.0 Å². The smallest absolute Gasteiger partial charge is 0.0973 e. The van der Waals surface area contributed by atoms with E-state index in [-0.39, 0.29) is 12.1 Å². The molecule has 14 heavy (non-hydrogen) atoms. The van der Waals surface area contributed by atoms with Crippen molar-refractivity contribution < 1.29 is 4.74 Å². The number of benzene rings is 1. The number of ether oxygens (including phenoxy) is 1. The SMILES string of the molecule is CCOC(c1cccc(Br)c1)C(C)N. The number of halogens is 1. The highest BCUT2D eigenvalue weighted by Gasteiger charge is 2.15. The lowest BCUT2D eigenvalue weighted by atomic mass is 10.0. The van der Waals surface area contributed by atoms with Gasteiger partial charge in [-0.05, 0) is 31.5 Å². The lowest BCUT2D eigenvalue weighted by molar-refractivity contribution is 0.0475. The van der Waals surface area contributed by atoms with E-state index in [1.165, 1.54) is 0 Å². The van der Waals surface area contributed by atoms with Crippen LogP contribution in [0.25, 0.3) is 0 Å². The molecule has 0 aliphatic carbocycles. The van der Waals surface area contributed by atoms with Crippen molar-refractivity contribution in [3.63, 3.8) is 0 Å². The highest BCUT2D eigenvalue weighted by Crippen LogP contribution is 2.23. The van der Waals surface area contributed by atoms with Gasteiger partial charge in [0.05, 0.1) is 6.10 Å². The molecule has 78 valence electrons. The first kappa shape index (κ1) is 11.7. The molecule has 0 saturated heterocycles. The fraction of sp³-hybridized carbons (Fsp3) is 0.455. The van der Waals surface area contributed by atoms with Gasteiger partial charge in [-0.1, -0.05) is 28.1 Å². The van der Waals surface area contributed by atoms with Crippen LogP contribution in [0.15, 0.2) is 28.7 Å². The predicted molar refractivity (Wildman–Crippen MR) is 62.2 cm³/mol. The van der Waals surface area contributed by atoms with Crippen molar-refractivity contribution >= 4 is 15.9 Å². The van der Waals surface area contributed by atoms with Crippen molar-refractivity contribution in [1.29, 1.82) is 0 Å². The maximum Gasteiger partial charge on any atom is 0.0973 e. The van der Waals surface area contributed by atoms with Crippen molar-refractivity contribution in [3.05, 3.63) is 34.3 Å². The van der Waals surface area contributed by atoms with Crippen LogP contribution < -0.4 is 5.73 Å². The lowest BCUT2D eigenvalue weighted by Gasteiger charge is -2.21. The number of hydrogen-bond donors (Lipinski definition) is 1. The van der Waals surface area contributed by atoms with Gasteiger partial charge < -0.3 is 10.5 Å². The van der Waals surface area contributed by atoms with Crippen LogP contribution >= 0.6 is 15.9 Å². The first-order chi connectivity index (χ1) is 6.65. The molecule has 2 atom stereocenters. The number of hydrogen-bond acceptors (Lipinski definition) is 2. The minimum Gasteiger partial charge on any atom is -0.372 e. The maximum absolute atomic E-state index is 5.86. The zero-order valence-electron chi connectivity index (χ0n) is 8.53. The molecule has 2 nitrogen and oxygen atoms in total. The van der Waals surface area contributed by atoms with Crippen molar-refractivity contribution in [2.24, 2.45) is 5.73 Å².